The molecule has 1 aliphatic heterocycles. The van der Waals surface area contributed by atoms with Gasteiger partial charge < -0.3 is 18.8 Å². The molecule has 1 aromatic heterocycles. The lowest BCUT2D eigenvalue weighted by Gasteiger charge is -2.22. The van der Waals surface area contributed by atoms with E-state index in [4.69, 9.17) is 14.2 Å². The predicted octanol–water partition coefficient (Wildman–Crippen LogP) is 4.42. The van der Waals surface area contributed by atoms with Crippen LogP contribution in [0.3, 0.4) is 0 Å². The number of hydrogen-bond donors (Lipinski definition) is 0. The van der Waals surface area contributed by atoms with Crippen LogP contribution >= 0.6 is 0 Å². The molecular formula is C23H26N2O3. The van der Waals surface area contributed by atoms with Crippen LogP contribution in [0, 0.1) is 0 Å². The van der Waals surface area contributed by atoms with Crippen LogP contribution in [-0.2, 0) is 11.3 Å². The zero-order valence-corrected chi connectivity index (χ0v) is 16.4. The first kappa shape index (κ1) is 18.6. The van der Waals surface area contributed by atoms with Crippen molar-refractivity contribution in [2.75, 3.05) is 26.9 Å². The second kappa shape index (κ2) is 8.50. The predicted molar refractivity (Wildman–Crippen MR) is 109 cm³/mol. The Morgan fingerprint density at radius 2 is 1.93 bits per heavy atom. The topological polar surface area (TPSA) is 35.9 Å². The first-order valence-corrected chi connectivity index (χ1v) is 9.66. The number of aromatic nitrogens is 1. The van der Waals surface area contributed by atoms with Crippen molar-refractivity contribution < 1.29 is 14.2 Å². The summed E-state index contributed by atoms with van der Waals surface area (Å²) in [5, 5.41) is 0. The number of hydrogen-bond acceptors (Lipinski definition) is 4. The molecule has 0 unspecified atom stereocenters. The molecule has 0 amide bonds. The Bertz CT molecular complexity index is 904. The fraction of sp³-hybridized carbons (Fsp3) is 0.304. The van der Waals surface area contributed by atoms with Gasteiger partial charge in [-0.25, -0.2) is 0 Å². The van der Waals surface area contributed by atoms with Gasteiger partial charge in [-0.1, -0.05) is 18.2 Å². The fourth-order valence-electron chi connectivity index (χ4n) is 3.56. The molecule has 0 aliphatic carbocycles. The normalized spacial score (nSPS) is 17.0. The van der Waals surface area contributed by atoms with Crippen LogP contribution < -0.4 is 9.47 Å². The van der Waals surface area contributed by atoms with Crippen LogP contribution in [-0.4, -0.2) is 36.3 Å². The molecule has 28 heavy (non-hydrogen) atoms. The summed E-state index contributed by atoms with van der Waals surface area (Å²) in [4.78, 5) is 2.36. The monoisotopic (exact) mass is 378 g/mol. The maximum absolute atomic E-state index is 6.04. The van der Waals surface area contributed by atoms with Crippen molar-refractivity contribution in [3.63, 3.8) is 0 Å². The van der Waals surface area contributed by atoms with Crippen LogP contribution in [0.4, 0.5) is 0 Å². The molecule has 2 aromatic carbocycles. The minimum absolute atomic E-state index is 0.0292. The Morgan fingerprint density at radius 3 is 2.71 bits per heavy atom. The molecule has 5 heteroatoms. The Morgan fingerprint density at radius 1 is 1.07 bits per heavy atom. The van der Waals surface area contributed by atoms with Gasteiger partial charge in [-0.15, -0.1) is 0 Å². The molecule has 3 aromatic rings. The molecule has 146 valence electrons. The van der Waals surface area contributed by atoms with Gasteiger partial charge in [0.25, 0.3) is 0 Å². The number of benzene rings is 2. The van der Waals surface area contributed by atoms with Crippen molar-refractivity contribution in [2.24, 2.45) is 0 Å². The van der Waals surface area contributed by atoms with Gasteiger partial charge in [-0.05, 0) is 42.8 Å². The number of ether oxygens (including phenoxy) is 3. The van der Waals surface area contributed by atoms with Crippen LogP contribution in [0.15, 0.2) is 67.0 Å². The molecule has 0 bridgehead atoms. The molecular weight excluding hydrogens is 352 g/mol. The molecule has 2 heterocycles. The van der Waals surface area contributed by atoms with Crippen molar-refractivity contribution >= 4 is 0 Å². The van der Waals surface area contributed by atoms with Crippen molar-refractivity contribution in [1.29, 1.82) is 0 Å². The molecule has 0 N–H and O–H groups in total. The molecule has 1 aliphatic rings. The van der Waals surface area contributed by atoms with Crippen molar-refractivity contribution in [3.05, 3.63) is 78.1 Å². The molecule has 1 fully saturated rings. The van der Waals surface area contributed by atoms with Crippen molar-refractivity contribution in [3.8, 4) is 17.2 Å². The highest BCUT2D eigenvalue weighted by Gasteiger charge is 2.27. The maximum atomic E-state index is 6.04. The average Bonchev–Trinajstić information content (AvgIpc) is 3.38. The molecule has 0 radical (unpaired) electrons. The summed E-state index contributed by atoms with van der Waals surface area (Å²) < 4.78 is 19.0. The first-order valence-electron chi connectivity index (χ1n) is 9.66. The minimum atomic E-state index is -0.0292. The molecule has 5 nitrogen and oxygen atoms in total. The highest BCUT2D eigenvalue weighted by atomic mass is 16.5. The summed E-state index contributed by atoms with van der Waals surface area (Å²) in [6.45, 7) is 5.17. The van der Waals surface area contributed by atoms with E-state index in [-0.39, 0.29) is 6.23 Å². The summed E-state index contributed by atoms with van der Waals surface area (Å²) in [6.07, 6.45) is 4.19. The van der Waals surface area contributed by atoms with E-state index in [9.17, 15) is 0 Å². The minimum Gasteiger partial charge on any atom is -0.497 e. The number of nitrogens with zero attached hydrogens (tertiary/aromatic N) is 2. The quantitative estimate of drug-likeness (QED) is 0.610. The van der Waals surface area contributed by atoms with E-state index >= 15 is 0 Å². The Balaban J connectivity index is 1.49. The molecule has 0 saturated carbocycles. The zero-order valence-electron chi connectivity index (χ0n) is 16.4. The maximum Gasteiger partial charge on any atom is 0.138 e. The van der Waals surface area contributed by atoms with E-state index in [2.05, 4.69) is 52.2 Å². The van der Waals surface area contributed by atoms with Crippen LogP contribution in [0.25, 0.3) is 5.69 Å². The Labute approximate surface area is 166 Å². The highest BCUT2D eigenvalue weighted by molar-refractivity contribution is 5.40. The van der Waals surface area contributed by atoms with Crippen molar-refractivity contribution in [2.45, 2.75) is 19.7 Å². The summed E-state index contributed by atoms with van der Waals surface area (Å²) in [5.74, 6) is 1.76. The van der Waals surface area contributed by atoms with Crippen LogP contribution in [0.5, 0.6) is 11.5 Å². The molecule has 0 spiro atoms. The number of methoxy groups -OCH3 is 1. The van der Waals surface area contributed by atoms with Gasteiger partial charge in [-0.3, -0.25) is 4.90 Å². The van der Waals surface area contributed by atoms with Gasteiger partial charge in [0.1, 0.15) is 17.7 Å². The van der Waals surface area contributed by atoms with Gasteiger partial charge in [-0.2, -0.15) is 0 Å². The second-order valence-electron chi connectivity index (χ2n) is 6.82. The Kier molecular flexibility index (Phi) is 5.65. The SMILES string of the molecule is CCOc1cccc(-n2ccc([C@H]3OCCN3Cc3ccc(OC)cc3)c2)c1. The molecule has 1 saturated heterocycles. The highest BCUT2D eigenvalue weighted by Crippen LogP contribution is 2.30. The standard InChI is InChI=1S/C23H26N2O3/c1-3-27-22-6-4-5-20(15-22)24-12-11-19(17-24)23-25(13-14-28-23)16-18-7-9-21(26-2)10-8-18/h4-12,15,17,23H,3,13-14,16H2,1-2H3/t23-/m1/s1. The zero-order chi connectivity index (χ0) is 19.3. The lowest BCUT2D eigenvalue weighted by Crippen LogP contribution is -2.23. The third-order valence-corrected chi connectivity index (χ3v) is 4.96. The van der Waals surface area contributed by atoms with E-state index in [0.717, 1.165) is 42.4 Å². The smallest absolute Gasteiger partial charge is 0.138 e. The Hall–Kier alpha value is -2.76. The van der Waals surface area contributed by atoms with Crippen LogP contribution in [0.1, 0.15) is 24.3 Å². The van der Waals surface area contributed by atoms with E-state index in [1.165, 1.54) is 5.56 Å². The molecule has 1 atom stereocenters. The fourth-order valence-corrected chi connectivity index (χ4v) is 3.56. The summed E-state index contributed by atoms with van der Waals surface area (Å²) in [5.41, 5.74) is 3.49. The van der Waals surface area contributed by atoms with E-state index in [0.29, 0.717) is 6.61 Å². The van der Waals surface area contributed by atoms with Gasteiger partial charge in [0.05, 0.1) is 20.3 Å². The third-order valence-electron chi connectivity index (χ3n) is 4.96. The summed E-state index contributed by atoms with van der Waals surface area (Å²) in [7, 11) is 1.69. The number of rotatable bonds is 7. The van der Waals surface area contributed by atoms with Gasteiger partial charge in [0.15, 0.2) is 0 Å². The summed E-state index contributed by atoms with van der Waals surface area (Å²) >= 11 is 0. The van der Waals surface area contributed by atoms with Gasteiger partial charge in [0.2, 0.25) is 0 Å². The first-order chi connectivity index (χ1) is 13.8. The lowest BCUT2D eigenvalue weighted by atomic mass is 10.2. The van der Waals surface area contributed by atoms with E-state index in [1.807, 2.05) is 31.2 Å². The van der Waals surface area contributed by atoms with Crippen molar-refractivity contribution in [1.82, 2.24) is 9.47 Å². The summed E-state index contributed by atoms with van der Waals surface area (Å²) in [6, 6.07) is 18.5. The van der Waals surface area contributed by atoms with E-state index in [1.54, 1.807) is 7.11 Å². The molecule has 4 rings (SSSR count). The third kappa shape index (κ3) is 4.06. The van der Waals surface area contributed by atoms with Gasteiger partial charge in [0, 0.05) is 42.8 Å². The second-order valence-corrected chi connectivity index (χ2v) is 6.82. The van der Waals surface area contributed by atoms with Gasteiger partial charge >= 0.3 is 0 Å². The lowest BCUT2D eigenvalue weighted by molar-refractivity contribution is 0.0288. The largest absolute Gasteiger partial charge is 0.497 e. The van der Waals surface area contributed by atoms with E-state index < -0.39 is 0 Å². The average molecular weight is 378 g/mol. The van der Waals surface area contributed by atoms with Crippen LogP contribution in [0.2, 0.25) is 0 Å².